The van der Waals surface area contributed by atoms with Crippen molar-refractivity contribution in [2.75, 3.05) is 5.75 Å². The lowest BCUT2D eigenvalue weighted by Crippen LogP contribution is -2.48. The third kappa shape index (κ3) is 3.55. The molecule has 2 heterocycles. The van der Waals surface area contributed by atoms with Crippen molar-refractivity contribution in [1.29, 1.82) is 0 Å². The van der Waals surface area contributed by atoms with Crippen LogP contribution in [0.2, 0.25) is 0 Å². The van der Waals surface area contributed by atoms with Gasteiger partial charge < -0.3 is 10.0 Å². The van der Waals surface area contributed by atoms with Gasteiger partial charge in [0, 0.05) is 22.4 Å². The summed E-state index contributed by atoms with van der Waals surface area (Å²) in [4.78, 5) is 26.3. The second-order valence-electron chi connectivity index (χ2n) is 5.17. The summed E-state index contributed by atoms with van der Waals surface area (Å²) in [7, 11) is 0. The van der Waals surface area contributed by atoms with E-state index in [4.69, 9.17) is 5.11 Å². The summed E-state index contributed by atoms with van der Waals surface area (Å²) in [6, 6.07) is 2.25. The molecule has 0 aliphatic carbocycles. The van der Waals surface area contributed by atoms with Crippen molar-refractivity contribution in [1.82, 2.24) is 4.90 Å². The number of carbonyl (C=O) groups excluding carboxylic acids is 1. The molecule has 2 unspecified atom stereocenters. The topological polar surface area (TPSA) is 57.6 Å². The number of rotatable bonds is 4. The van der Waals surface area contributed by atoms with E-state index >= 15 is 0 Å². The van der Waals surface area contributed by atoms with Crippen LogP contribution in [-0.4, -0.2) is 39.7 Å². The standard InChI is InChI=1S/C14H19NO3S2/c1-9-4-3-5-10(2)15(9)13(16)8-19-11-6-12(14(17)18)20-7-11/h6-7,9-10H,3-5,8H2,1-2H3,(H,17,18). The lowest BCUT2D eigenvalue weighted by Gasteiger charge is -2.39. The van der Waals surface area contributed by atoms with Crippen LogP contribution >= 0.6 is 23.1 Å². The highest BCUT2D eigenvalue weighted by Gasteiger charge is 2.28. The van der Waals surface area contributed by atoms with Gasteiger partial charge in [-0.15, -0.1) is 23.1 Å². The molecule has 1 aromatic rings. The average molecular weight is 313 g/mol. The highest BCUT2D eigenvalue weighted by molar-refractivity contribution is 8.00. The lowest BCUT2D eigenvalue weighted by molar-refractivity contribution is -0.134. The molecule has 1 amide bonds. The van der Waals surface area contributed by atoms with Gasteiger partial charge >= 0.3 is 5.97 Å². The van der Waals surface area contributed by atoms with Crippen molar-refractivity contribution in [2.24, 2.45) is 0 Å². The van der Waals surface area contributed by atoms with Crippen molar-refractivity contribution >= 4 is 35.0 Å². The minimum Gasteiger partial charge on any atom is -0.477 e. The molecule has 4 nitrogen and oxygen atoms in total. The van der Waals surface area contributed by atoms with Gasteiger partial charge in [-0.05, 0) is 39.2 Å². The maximum atomic E-state index is 12.3. The van der Waals surface area contributed by atoms with Gasteiger partial charge in [0.1, 0.15) is 4.88 Å². The predicted molar refractivity (Wildman–Crippen MR) is 81.6 cm³/mol. The van der Waals surface area contributed by atoms with Crippen LogP contribution in [0, 0.1) is 0 Å². The van der Waals surface area contributed by atoms with Crippen LogP contribution < -0.4 is 0 Å². The van der Waals surface area contributed by atoms with E-state index in [9.17, 15) is 9.59 Å². The monoisotopic (exact) mass is 313 g/mol. The third-order valence-corrected chi connectivity index (χ3v) is 5.66. The summed E-state index contributed by atoms with van der Waals surface area (Å²) >= 11 is 2.62. The molecule has 1 fully saturated rings. The van der Waals surface area contributed by atoms with Crippen molar-refractivity contribution in [2.45, 2.75) is 50.1 Å². The normalized spacial score (nSPS) is 22.8. The van der Waals surface area contributed by atoms with Gasteiger partial charge in [-0.25, -0.2) is 4.79 Å². The van der Waals surface area contributed by atoms with E-state index in [1.165, 1.54) is 29.5 Å². The SMILES string of the molecule is CC1CCCC(C)N1C(=O)CSc1csc(C(=O)O)c1. The van der Waals surface area contributed by atoms with Crippen LogP contribution in [0.4, 0.5) is 0 Å². The van der Waals surface area contributed by atoms with Gasteiger partial charge in [0.2, 0.25) is 5.91 Å². The Morgan fingerprint density at radius 3 is 2.60 bits per heavy atom. The Bertz CT molecular complexity index is 490. The summed E-state index contributed by atoms with van der Waals surface area (Å²) in [6.45, 7) is 4.21. The van der Waals surface area contributed by atoms with Crippen LogP contribution in [0.15, 0.2) is 16.3 Å². The second kappa shape index (κ2) is 6.63. The van der Waals surface area contributed by atoms with E-state index in [1.54, 1.807) is 11.4 Å². The van der Waals surface area contributed by atoms with Crippen LogP contribution in [-0.2, 0) is 4.79 Å². The second-order valence-corrected chi connectivity index (χ2v) is 7.13. The van der Waals surface area contributed by atoms with Gasteiger partial charge in [0.15, 0.2) is 0 Å². The first-order chi connectivity index (χ1) is 9.49. The molecule has 0 aromatic carbocycles. The summed E-state index contributed by atoms with van der Waals surface area (Å²) in [5.74, 6) is -0.381. The molecule has 0 saturated carbocycles. The quantitative estimate of drug-likeness (QED) is 0.866. The van der Waals surface area contributed by atoms with E-state index in [0.29, 0.717) is 22.7 Å². The molecule has 20 heavy (non-hydrogen) atoms. The number of carbonyl (C=O) groups is 2. The van der Waals surface area contributed by atoms with Crippen LogP contribution in [0.5, 0.6) is 0 Å². The smallest absolute Gasteiger partial charge is 0.345 e. The molecule has 6 heteroatoms. The third-order valence-electron chi connectivity index (χ3n) is 3.63. The highest BCUT2D eigenvalue weighted by Crippen LogP contribution is 2.27. The van der Waals surface area contributed by atoms with E-state index < -0.39 is 5.97 Å². The molecule has 1 aliphatic heterocycles. The van der Waals surface area contributed by atoms with Crippen LogP contribution in [0.1, 0.15) is 42.8 Å². The summed E-state index contributed by atoms with van der Waals surface area (Å²) < 4.78 is 0. The Labute approximate surface area is 127 Å². The predicted octanol–water partition coefficient (Wildman–Crippen LogP) is 3.33. The maximum absolute atomic E-state index is 12.3. The maximum Gasteiger partial charge on any atom is 0.345 e. The molecular formula is C14H19NO3S2. The molecule has 1 aromatic heterocycles. The number of hydrogen-bond donors (Lipinski definition) is 1. The first-order valence-corrected chi connectivity index (χ1v) is 8.61. The highest BCUT2D eigenvalue weighted by atomic mass is 32.2. The number of nitrogens with zero attached hydrogens (tertiary/aromatic N) is 1. The summed E-state index contributed by atoms with van der Waals surface area (Å²) in [5.41, 5.74) is 0. The number of thiophene rings is 1. The molecule has 0 radical (unpaired) electrons. The van der Waals surface area contributed by atoms with Crippen LogP contribution in [0.3, 0.4) is 0 Å². The fraction of sp³-hybridized carbons (Fsp3) is 0.571. The first-order valence-electron chi connectivity index (χ1n) is 6.75. The molecule has 0 bridgehead atoms. The number of amides is 1. The fourth-order valence-corrected chi connectivity index (χ4v) is 4.38. The van der Waals surface area contributed by atoms with E-state index in [-0.39, 0.29) is 5.91 Å². The van der Waals surface area contributed by atoms with Crippen molar-refractivity contribution in [3.8, 4) is 0 Å². The minimum absolute atomic E-state index is 0.151. The largest absolute Gasteiger partial charge is 0.477 e. The van der Waals surface area contributed by atoms with Gasteiger partial charge in [-0.3, -0.25) is 4.79 Å². The Hall–Kier alpha value is -1.01. The Kier molecular flexibility index (Phi) is 5.10. The average Bonchev–Trinajstić information content (AvgIpc) is 2.85. The zero-order valence-electron chi connectivity index (χ0n) is 11.7. The number of thioether (sulfide) groups is 1. The van der Waals surface area contributed by atoms with E-state index in [0.717, 1.165) is 17.7 Å². The zero-order valence-corrected chi connectivity index (χ0v) is 13.3. The number of aromatic carboxylic acids is 1. The number of piperidine rings is 1. The minimum atomic E-state index is -0.911. The number of hydrogen-bond acceptors (Lipinski definition) is 4. The van der Waals surface area contributed by atoms with Gasteiger partial charge in [0.05, 0.1) is 5.75 Å². The number of carboxylic acids is 1. The molecule has 1 saturated heterocycles. The van der Waals surface area contributed by atoms with Gasteiger partial charge in [0.25, 0.3) is 0 Å². The number of carboxylic acid groups (broad SMARTS) is 1. The van der Waals surface area contributed by atoms with Gasteiger partial charge in [-0.2, -0.15) is 0 Å². The van der Waals surface area contributed by atoms with Crippen molar-refractivity contribution in [3.05, 3.63) is 16.3 Å². The fourth-order valence-electron chi connectivity index (χ4n) is 2.64. The van der Waals surface area contributed by atoms with Crippen LogP contribution in [0.25, 0.3) is 0 Å². The summed E-state index contributed by atoms with van der Waals surface area (Å²) in [6.07, 6.45) is 3.33. The van der Waals surface area contributed by atoms with Crippen molar-refractivity contribution < 1.29 is 14.7 Å². The Balaban J connectivity index is 1.92. The molecule has 0 spiro atoms. The van der Waals surface area contributed by atoms with Gasteiger partial charge in [-0.1, -0.05) is 0 Å². The number of likely N-dealkylation sites (tertiary alicyclic amines) is 1. The molecule has 2 rings (SSSR count). The molecule has 1 aliphatic rings. The lowest BCUT2D eigenvalue weighted by atomic mass is 9.98. The Morgan fingerprint density at radius 1 is 1.40 bits per heavy atom. The van der Waals surface area contributed by atoms with E-state index in [2.05, 4.69) is 13.8 Å². The van der Waals surface area contributed by atoms with E-state index in [1.807, 2.05) is 4.90 Å². The first kappa shape index (κ1) is 15.4. The molecule has 110 valence electrons. The molecule has 1 N–H and O–H groups in total. The molecular weight excluding hydrogens is 294 g/mol. The van der Waals surface area contributed by atoms with Crippen molar-refractivity contribution in [3.63, 3.8) is 0 Å². The zero-order chi connectivity index (χ0) is 14.7. The molecule has 2 atom stereocenters. The summed E-state index contributed by atoms with van der Waals surface area (Å²) in [5, 5.41) is 10.7. The Morgan fingerprint density at radius 2 is 2.05 bits per heavy atom.